The number of thioether (sulfide) groups is 1. The fraction of sp³-hybridized carbons (Fsp3) is 0.500. The Morgan fingerprint density at radius 3 is 2.68 bits per heavy atom. The monoisotopic (exact) mass is 281 g/mol. The number of amides is 1. The summed E-state index contributed by atoms with van der Waals surface area (Å²) in [7, 11) is 0. The van der Waals surface area contributed by atoms with Crippen LogP contribution in [0.4, 0.5) is 11.4 Å². The van der Waals surface area contributed by atoms with Crippen LogP contribution >= 0.6 is 11.8 Å². The number of anilines is 2. The van der Waals surface area contributed by atoms with E-state index in [-0.39, 0.29) is 0 Å². The number of hydrogen-bond acceptors (Lipinski definition) is 4. The topological polar surface area (TPSA) is 81.1 Å². The van der Waals surface area contributed by atoms with Crippen molar-refractivity contribution in [2.75, 3.05) is 29.6 Å². The molecule has 0 fully saturated rings. The molecule has 1 rings (SSSR count). The first-order valence-electron chi connectivity index (χ1n) is 6.57. The highest BCUT2D eigenvalue weighted by molar-refractivity contribution is 7.98. The van der Waals surface area contributed by atoms with Gasteiger partial charge >= 0.3 is 0 Å². The van der Waals surface area contributed by atoms with E-state index < -0.39 is 5.91 Å². The predicted molar refractivity (Wildman–Crippen MR) is 84.7 cm³/mol. The summed E-state index contributed by atoms with van der Waals surface area (Å²) in [6.45, 7) is 0.867. The molecule has 0 aromatic heterocycles. The molecule has 5 heteroatoms. The van der Waals surface area contributed by atoms with Gasteiger partial charge in [-0.05, 0) is 43.0 Å². The lowest BCUT2D eigenvalue weighted by molar-refractivity contribution is 0.100. The Labute approximate surface area is 119 Å². The second-order valence-corrected chi connectivity index (χ2v) is 5.49. The van der Waals surface area contributed by atoms with Gasteiger partial charge in [0.05, 0.1) is 11.4 Å². The molecular formula is C14H23N3OS. The van der Waals surface area contributed by atoms with E-state index in [4.69, 9.17) is 11.5 Å². The second kappa shape index (κ2) is 8.69. The van der Waals surface area contributed by atoms with E-state index in [2.05, 4.69) is 11.6 Å². The minimum Gasteiger partial charge on any atom is -0.397 e. The molecule has 0 atom stereocenters. The van der Waals surface area contributed by atoms with E-state index in [9.17, 15) is 4.79 Å². The Morgan fingerprint density at radius 2 is 2.00 bits per heavy atom. The minimum atomic E-state index is -0.430. The number of rotatable bonds is 9. The van der Waals surface area contributed by atoms with E-state index in [1.165, 1.54) is 25.0 Å². The van der Waals surface area contributed by atoms with Crippen molar-refractivity contribution in [3.63, 3.8) is 0 Å². The first-order valence-corrected chi connectivity index (χ1v) is 7.96. The lowest BCUT2D eigenvalue weighted by Gasteiger charge is -2.10. The minimum absolute atomic E-state index is 0.430. The zero-order valence-corrected chi connectivity index (χ0v) is 12.3. The maximum atomic E-state index is 11.1. The molecule has 4 nitrogen and oxygen atoms in total. The van der Waals surface area contributed by atoms with Crippen molar-refractivity contribution in [3.8, 4) is 0 Å². The molecule has 1 aromatic rings. The number of hydrogen-bond donors (Lipinski definition) is 3. The number of carbonyl (C=O) groups excluding carboxylic acids is 1. The van der Waals surface area contributed by atoms with Crippen molar-refractivity contribution < 1.29 is 4.79 Å². The maximum absolute atomic E-state index is 11.1. The summed E-state index contributed by atoms with van der Waals surface area (Å²) in [6.07, 6.45) is 6.99. The van der Waals surface area contributed by atoms with Crippen LogP contribution in [-0.4, -0.2) is 24.5 Å². The Hall–Kier alpha value is -1.36. The smallest absolute Gasteiger partial charge is 0.248 e. The van der Waals surface area contributed by atoms with Crippen molar-refractivity contribution in [1.29, 1.82) is 0 Å². The van der Waals surface area contributed by atoms with Crippen LogP contribution in [0.25, 0.3) is 0 Å². The fourth-order valence-corrected chi connectivity index (χ4v) is 2.30. The first-order chi connectivity index (χ1) is 9.15. The lowest BCUT2D eigenvalue weighted by atomic mass is 10.1. The van der Waals surface area contributed by atoms with Gasteiger partial charge in [0.2, 0.25) is 5.91 Å². The third-order valence-corrected chi connectivity index (χ3v) is 3.63. The van der Waals surface area contributed by atoms with Crippen LogP contribution < -0.4 is 16.8 Å². The molecule has 0 saturated heterocycles. The molecule has 0 unspecified atom stereocenters. The molecule has 0 bridgehead atoms. The van der Waals surface area contributed by atoms with Crippen LogP contribution in [0.2, 0.25) is 0 Å². The maximum Gasteiger partial charge on any atom is 0.248 e. The normalized spacial score (nSPS) is 10.4. The van der Waals surface area contributed by atoms with Gasteiger partial charge in [-0.3, -0.25) is 4.79 Å². The van der Waals surface area contributed by atoms with Gasteiger partial charge in [-0.1, -0.05) is 12.8 Å². The van der Waals surface area contributed by atoms with Crippen molar-refractivity contribution in [2.24, 2.45) is 5.73 Å². The fourth-order valence-electron chi connectivity index (χ4n) is 1.81. The van der Waals surface area contributed by atoms with E-state index in [0.29, 0.717) is 11.3 Å². The average Bonchev–Trinajstić information content (AvgIpc) is 2.39. The summed E-state index contributed by atoms with van der Waals surface area (Å²) in [5.41, 5.74) is 13.0. The van der Waals surface area contributed by atoms with Crippen molar-refractivity contribution in [2.45, 2.75) is 25.7 Å². The SMILES string of the molecule is CSCCCCCCNc1cc(C(N)=O)ccc1N. The number of unbranched alkanes of at least 4 members (excludes halogenated alkanes) is 3. The molecule has 0 radical (unpaired) electrons. The van der Waals surface area contributed by atoms with Crippen LogP contribution in [0.3, 0.4) is 0 Å². The second-order valence-electron chi connectivity index (χ2n) is 4.50. The van der Waals surface area contributed by atoms with E-state index >= 15 is 0 Å². The van der Waals surface area contributed by atoms with E-state index in [0.717, 1.165) is 18.7 Å². The number of nitrogen functional groups attached to an aromatic ring is 1. The van der Waals surface area contributed by atoms with Crippen LogP contribution in [0.5, 0.6) is 0 Å². The molecular weight excluding hydrogens is 258 g/mol. The summed E-state index contributed by atoms with van der Waals surface area (Å²) in [5, 5.41) is 3.26. The Morgan fingerprint density at radius 1 is 1.26 bits per heavy atom. The highest BCUT2D eigenvalue weighted by Gasteiger charge is 2.04. The molecule has 0 saturated carbocycles. The number of carbonyl (C=O) groups is 1. The van der Waals surface area contributed by atoms with Gasteiger partial charge < -0.3 is 16.8 Å². The van der Waals surface area contributed by atoms with E-state index in [1.807, 2.05) is 11.8 Å². The molecule has 1 aromatic carbocycles. The lowest BCUT2D eigenvalue weighted by Crippen LogP contribution is -2.12. The Bertz CT molecular complexity index is 410. The summed E-state index contributed by atoms with van der Waals surface area (Å²) < 4.78 is 0. The quantitative estimate of drug-likeness (QED) is 0.480. The van der Waals surface area contributed by atoms with Gasteiger partial charge in [0.15, 0.2) is 0 Å². The predicted octanol–water partition coefficient (Wildman–Crippen LogP) is 2.70. The van der Waals surface area contributed by atoms with Gasteiger partial charge in [0.25, 0.3) is 0 Å². The molecule has 0 aliphatic rings. The molecule has 5 N–H and O–H groups in total. The van der Waals surface area contributed by atoms with Gasteiger partial charge in [0.1, 0.15) is 0 Å². The molecule has 0 aliphatic heterocycles. The van der Waals surface area contributed by atoms with Crippen LogP contribution in [-0.2, 0) is 0 Å². The van der Waals surface area contributed by atoms with Crippen LogP contribution in [0.15, 0.2) is 18.2 Å². The highest BCUT2D eigenvalue weighted by Crippen LogP contribution is 2.20. The molecule has 0 aliphatic carbocycles. The molecule has 106 valence electrons. The van der Waals surface area contributed by atoms with Crippen LogP contribution in [0.1, 0.15) is 36.0 Å². The molecule has 1 amide bonds. The number of primary amides is 1. The van der Waals surface area contributed by atoms with E-state index in [1.54, 1.807) is 18.2 Å². The molecule has 0 heterocycles. The summed E-state index contributed by atoms with van der Waals surface area (Å²) in [6, 6.07) is 5.07. The zero-order valence-electron chi connectivity index (χ0n) is 11.4. The Kier molecular flexibility index (Phi) is 7.18. The molecule has 19 heavy (non-hydrogen) atoms. The van der Waals surface area contributed by atoms with Crippen molar-refractivity contribution in [3.05, 3.63) is 23.8 Å². The highest BCUT2D eigenvalue weighted by atomic mass is 32.2. The third kappa shape index (κ3) is 5.87. The Balaban J connectivity index is 2.32. The first kappa shape index (κ1) is 15.7. The number of benzene rings is 1. The largest absolute Gasteiger partial charge is 0.397 e. The van der Waals surface area contributed by atoms with Gasteiger partial charge in [0, 0.05) is 12.1 Å². The summed E-state index contributed by atoms with van der Waals surface area (Å²) in [4.78, 5) is 11.1. The standard InChI is InChI=1S/C14H23N3OS/c1-19-9-5-3-2-4-8-17-13-10-11(14(16)18)6-7-12(13)15/h6-7,10,17H,2-5,8-9,15H2,1H3,(H2,16,18). The third-order valence-electron chi connectivity index (χ3n) is 2.93. The summed E-state index contributed by atoms with van der Waals surface area (Å²) in [5.74, 6) is 0.807. The van der Waals surface area contributed by atoms with Crippen molar-refractivity contribution >= 4 is 29.0 Å². The average molecular weight is 281 g/mol. The summed E-state index contributed by atoms with van der Waals surface area (Å²) >= 11 is 1.89. The zero-order chi connectivity index (χ0) is 14.1. The number of nitrogens with one attached hydrogen (secondary N) is 1. The van der Waals surface area contributed by atoms with Gasteiger partial charge in [-0.25, -0.2) is 0 Å². The molecule has 0 spiro atoms. The van der Waals surface area contributed by atoms with Gasteiger partial charge in [-0.2, -0.15) is 11.8 Å². The number of nitrogens with two attached hydrogens (primary N) is 2. The van der Waals surface area contributed by atoms with Crippen LogP contribution in [0, 0.1) is 0 Å². The van der Waals surface area contributed by atoms with Gasteiger partial charge in [-0.15, -0.1) is 0 Å². The van der Waals surface area contributed by atoms with Crippen molar-refractivity contribution in [1.82, 2.24) is 0 Å².